The Bertz CT molecular complexity index is 271. The Labute approximate surface area is 78.5 Å². The Morgan fingerprint density at radius 2 is 1.69 bits per heavy atom. The second-order valence-electron chi connectivity index (χ2n) is 3.01. The van der Waals surface area contributed by atoms with E-state index in [-0.39, 0.29) is 11.8 Å². The van der Waals surface area contributed by atoms with Gasteiger partial charge in [-0.1, -0.05) is 11.6 Å². The predicted octanol–water partition coefficient (Wildman–Crippen LogP) is 1.56. The van der Waals surface area contributed by atoms with Crippen LogP contribution in [0.15, 0.2) is 23.3 Å². The molecule has 1 N–H and O–H groups in total. The second kappa shape index (κ2) is 5.30. The minimum atomic E-state index is -0.369. The van der Waals surface area contributed by atoms with Crippen LogP contribution in [0.1, 0.15) is 27.7 Å². The molecule has 0 aliphatic carbocycles. The quantitative estimate of drug-likeness (QED) is 0.657. The first-order chi connectivity index (χ1) is 5.97. The Morgan fingerprint density at radius 3 is 2.08 bits per heavy atom. The van der Waals surface area contributed by atoms with Crippen molar-refractivity contribution in [1.82, 2.24) is 5.32 Å². The zero-order chi connectivity index (χ0) is 10.4. The molecule has 3 heteroatoms. The highest BCUT2D eigenvalue weighted by molar-refractivity contribution is 6.07. The fourth-order valence-electron chi connectivity index (χ4n) is 0.640. The van der Waals surface area contributed by atoms with E-state index in [0.29, 0.717) is 5.57 Å². The lowest BCUT2D eigenvalue weighted by Crippen LogP contribution is -2.29. The van der Waals surface area contributed by atoms with Gasteiger partial charge in [0.2, 0.25) is 0 Å². The van der Waals surface area contributed by atoms with Crippen LogP contribution >= 0.6 is 0 Å². The van der Waals surface area contributed by atoms with Crippen molar-refractivity contribution in [2.75, 3.05) is 0 Å². The Morgan fingerprint density at radius 1 is 1.15 bits per heavy atom. The van der Waals surface area contributed by atoms with E-state index in [1.807, 2.05) is 0 Å². The first-order valence-electron chi connectivity index (χ1n) is 4.10. The van der Waals surface area contributed by atoms with Crippen molar-refractivity contribution in [3.05, 3.63) is 23.3 Å². The molecule has 0 bridgehead atoms. The first-order valence-corrected chi connectivity index (χ1v) is 4.10. The normalized spacial score (nSPS) is 10.6. The summed E-state index contributed by atoms with van der Waals surface area (Å²) in [4.78, 5) is 22.2. The summed E-state index contributed by atoms with van der Waals surface area (Å²) in [6, 6.07) is 0. The molecule has 0 heterocycles. The summed E-state index contributed by atoms with van der Waals surface area (Å²) in [5, 5.41) is 2.24. The van der Waals surface area contributed by atoms with Crippen LogP contribution in [0.25, 0.3) is 0 Å². The van der Waals surface area contributed by atoms with Gasteiger partial charge in [-0.05, 0) is 27.7 Å². The van der Waals surface area contributed by atoms with Crippen LogP contribution in [-0.4, -0.2) is 11.8 Å². The second-order valence-corrected chi connectivity index (χ2v) is 3.01. The molecule has 0 saturated carbocycles. The largest absolute Gasteiger partial charge is 0.289 e. The molecule has 72 valence electrons. The van der Waals surface area contributed by atoms with E-state index in [0.717, 1.165) is 5.57 Å². The average Bonchev–Trinajstić information content (AvgIpc) is 2.01. The molecule has 0 radical (unpaired) electrons. The zero-order valence-corrected chi connectivity index (χ0v) is 8.47. The molecule has 0 aromatic rings. The van der Waals surface area contributed by atoms with Gasteiger partial charge in [0.25, 0.3) is 11.8 Å². The number of carbonyl (C=O) groups is 2. The van der Waals surface area contributed by atoms with Gasteiger partial charge in [-0.15, -0.1) is 0 Å². The zero-order valence-electron chi connectivity index (χ0n) is 8.47. The van der Waals surface area contributed by atoms with Gasteiger partial charge in [0.1, 0.15) is 0 Å². The number of allylic oxidation sites excluding steroid dienone is 2. The van der Waals surface area contributed by atoms with E-state index in [9.17, 15) is 9.59 Å². The molecule has 3 nitrogen and oxygen atoms in total. The van der Waals surface area contributed by atoms with Crippen LogP contribution in [-0.2, 0) is 9.59 Å². The van der Waals surface area contributed by atoms with Gasteiger partial charge in [0.15, 0.2) is 0 Å². The molecule has 0 fully saturated rings. The van der Waals surface area contributed by atoms with E-state index in [1.54, 1.807) is 33.8 Å². The lowest BCUT2D eigenvalue weighted by molar-refractivity contribution is -0.125. The summed E-state index contributed by atoms with van der Waals surface area (Å²) in [7, 11) is 0. The van der Waals surface area contributed by atoms with E-state index in [1.165, 1.54) is 6.08 Å². The molecule has 0 aromatic carbocycles. The van der Waals surface area contributed by atoms with E-state index < -0.39 is 0 Å². The standard InChI is InChI=1S/C10H15NO2/c1-5-8(4)10(13)11-9(12)6-7(2)3/h5-6H,1-4H3,(H,11,12,13). The first kappa shape index (κ1) is 11.6. The molecule has 2 amide bonds. The minimum absolute atomic E-state index is 0.343. The number of imide groups is 1. The topological polar surface area (TPSA) is 46.2 Å². The van der Waals surface area contributed by atoms with Gasteiger partial charge in [-0.2, -0.15) is 0 Å². The smallest absolute Gasteiger partial charge is 0.253 e. The summed E-state index contributed by atoms with van der Waals surface area (Å²) in [6.45, 7) is 7.00. The van der Waals surface area contributed by atoms with Crippen LogP contribution in [0.4, 0.5) is 0 Å². The fraction of sp³-hybridized carbons (Fsp3) is 0.400. The lowest BCUT2D eigenvalue weighted by Gasteiger charge is -2.00. The van der Waals surface area contributed by atoms with Crippen molar-refractivity contribution in [1.29, 1.82) is 0 Å². The highest BCUT2D eigenvalue weighted by Gasteiger charge is 2.05. The number of hydrogen-bond acceptors (Lipinski definition) is 2. The molecule has 0 aliphatic rings. The van der Waals surface area contributed by atoms with E-state index in [2.05, 4.69) is 5.32 Å². The minimum Gasteiger partial charge on any atom is -0.289 e. The third-order valence-electron chi connectivity index (χ3n) is 1.45. The maximum absolute atomic E-state index is 11.1. The van der Waals surface area contributed by atoms with Gasteiger partial charge >= 0.3 is 0 Å². The highest BCUT2D eigenvalue weighted by Crippen LogP contribution is 1.92. The van der Waals surface area contributed by atoms with Gasteiger partial charge in [-0.25, -0.2) is 0 Å². The molecule has 0 aliphatic heterocycles. The van der Waals surface area contributed by atoms with Gasteiger partial charge in [0, 0.05) is 11.6 Å². The molecule has 0 saturated heterocycles. The van der Waals surface area contributed by atoms with Crippen molar-refractivity contribution in [3.8, 4) is 0 Å². The van der Waals surface area contributed by atoms with Crippen LogP contribution in [0, 0.1) is 0 Å². The highest BCUT2D eigenvalue weighted by atomic mass is 16.2. The summed E-state index contributed by atoms with van der Waals surface area (Å²) >= 11 is 0. The molecule has 0 aromatic heterocycles. The number of amides is 2. The molecular weight excluding hydrogens is 166 g/mol. The molecule has 0 atom stereocenters. The van der Waals surface area contributed by atoms with Crippen LogP contribution < -0.4 is 5.32 Å². The maximum atomic E-state index is 11.1. The number of rotatable bonds is 2. The fourth-order valence-corrected chi connectivity index (χ4v) is 0.640. The third-order valence-corrected chi connectivity index (χ3v) is 1.45. The maximum Gasteiger partial charge on any atom is 0.253 e. The molecular formula is C10H15NO2. The average molecular weight is 181 g/mol. The third kappa shape index (κ3) is 4.95. The van der Waals surface area contributed by atoms with Gasteiger partial charge in [0.05, 0.1) is 0 Å². The van der Waals surface area contributed by atoms with Crippen molar-refractivity contribution in [2.45, 2.75) is 27.7 Å². The Hall–Kier alpha value is -1.38. The lowest BCUT2D eigenvalue weighted by atomic mass is 10.2. The summed E-state index contributed by atoms with van der Waals surface area (Å²) < 4.78 is 0. The summed E-state index contributed by atoms with van der Waals surface area (Å²) in [5.74, 6) is -0.712. The SMILES string of the molecule is CC=C(C)C(=O)NC(=O)C=C(C)C. The van der Waals surface area contributed by atoms with Crippen LogP contribution in [0.2, 0.25) is 0 Å². The molecule has 0 unspecified atom stereocenters. The van der Waals surface area contributed by atoms with Crippen molar-refractivity contribution >= 4 is 11.8 Å². The Kier molecular flexibility index (Phi) is 4.74. The Balaban J connectivity index is 4.24. The van der Waals surface area contributed by atoms with E-state index >= 15 is 0 Å². The number of carbonyl (C=O) groups excluding carboxylic acids is 2. The molecule has 0 spiro atoms. The van der Waals surface area contributed by atoms with Crippen LogP contribution in [0.5, 0.6) is 0 Å². The van der Waals surface area contributed by atoms with Crippen molar-refractivity contribution < 1.29 is 9.59 Å². The summed E-state index contributed by atoms with van der Waals surface area (Å²) in [5.41, 5.74) is 1.40. The van der Waals surface area contributed by atoms with Gasteiger partial charge < -0.3 is 0 Å². The predicted molar refractivity (Wildman–Crippen MR) is 52.0 cm³/mol. The van der Waals surface area contributed by atoms with Gasteiger partial charge in [-0.3, -0.25) is 14.9 Å². The number of hydrogen-bond donors (Lipinski definition) is 1. The van der Waals surface area contributed by atoms with Crippen molar-refractivity contribution in [2.24, 2.45) is 0 Å². The summed E-state index contributed by atoms with van der Waals surface area (Å²) in [6.07, 6.45) is 3.05. The number of nitrogens with one attached hydrogen (secondary N) is 1. The molecule has 0 rings (SSSR count). The monoisotopic (exact) mass is 181 g/mol. The van der Waals surface area contributed by atoms with Crippen molar-refractivity contribution in [3.63, 3.8) is 0 Å². The van der Waals surface area contributed by atoms with Crippen LogP contribution in [0.3, 0.4) is 0 Å². The van der Waals surface area contributed by atoms with E-state index in [4.69, 9.17) is 0 Å². The molecule has 13 heavy (non-hydrogen) atoms.